The fraction of sp³-hybridized carbons (Fsp3) is 0.353. The lowest BCUT2D eigenvalue weighted by Gasteiger charge is -2.16. The number of nitrogens with zero attached hydrogens (tertiary/aromatic N) is 1. The number of hydrogen-bond acceptors (Lipinski definition) is 5. The topological polar surface area (TPSA) is 85.1 Å². The summed E-state index contributed by atoms with van der Waals surface area (Å²) in [5.74, 6) is -0.811. The number of carbonyl (C=O) groups excluding carboxylic acids is 2. The van der Waals surface area contributed by atoms with Crippen molar-refractivity contribution in [3.8, 4) is 0 Å². The second-order valence-corrected chi connectivity index (χ2v) is 8.30. The van der Waals surface area contributed by atoms with Gasteiger partial charge in [0, 0.05) is 5.38 Å². The maximum absolute atomic E-state index is 12.8. The Labute approximate surface area is 162 Å². The van der Waals surface area contributed by atoms with Crippen LogP contribution in [0.2, 0.25) is 0 Å². The molecule has 2 amide bonds. The lowest BCUT2D eigenvalue weighted by molar-refractivity contribution is -0.137. The van der Waals surface area contributed by atoms with E-state index in [0.29, 0.717) is 15.6 Å². The van der Waals surface area contributed by atoms with Gasteiger partial charge < -0.3 is 11.1 Å². The molecule has 0 radical (unpaired) electrons. The Bertz CT molecular complexity index is 824. The molecule has 0 spiro atoms. The lowest BCUT2D eigenvalue weighted by atomic mass is 10.0. The Kier molecular flexibility index (Phi) is 6.88. The van der Waals surface area contributed by atoms with E-state index in [1.807, 2.05) is 0 Å². The molecule has 1 heterocycles. The van der Waals surface area contributed by atoms with E-state index < -0.39 is 28.9 Å². The van der Waals surface area contributed by atoms with Gasteiger partial charge in [-0.2, -0.15) is 13.2 Å². The summed E-state index contributed by atoms with van der Waals surface area (Å²) >= 11 is 2.51. The summed E-state index contributed by atoms with van der Waals surface area (Å²) in [6, 6.07) is 4.27. The van der Waals surface area contributed by atoms with Crippen molar-refractivity contribution < 1.29 is 22.8 Å². The van der Waals surface area contributed by atoms with Crippen LogP contribution in [0.5, 0.6) is 0 Å². The van der Waals surface area contributed by atoms with Crippen LogP contribution in [0.3, 0.4) is 0 Å². The average molecular weight is 417 g/mol. The van der Waals surface area contributed by atoms with Crippen molar-refractivity contribution in [2.75, 3.05) is 0 Å². The Morgan fingerprint density at radius 3 is 2.67 bits per heavy atom. The second kappa shape index (κ2) is 8.75. The zero-order chi connectivity index (χ0) is 20.2. The van der Waals surface area contributed by atoms with Crippen LogP contribution >= 0.6 is 23.1 Å². The quantitative estimate of drug-likeness (QED) is 0.675. The number of nitrogens with one attached hydrogen (secondary N) is 1. The Morgan fingerprint density at radius 1 is 1.33 bits per heavy atom. The number of aromatic nitrogens is 1. The molecule has 2 aromatic rings. The second-order valence-electron chi connectivity index (χ2n) is 5.86. The Morgan fingerprint density at radius 2 is 2.04 bits per heavy atom. The van der Waals surface area contributed by atoms with Crippen LogP contribution in [0.25, 0.3) is 0 Å². The first-order chi connectivity index (χ1) is 12.6. The summed E-state index contributed by atoms with van der Waals surface area (Å²) in [7, 11) is 0. The van der Waals surface area contributed by atoms with Crippen molar-refractivity contribution in [1.82, 2.24) is 10.3 Å². The molecule has 0 bridgehead atoms. The molecule has 0 aliphatic heterocycles. The fourth-order valence-electron chi connectivity index (χ4n) is 2.16. The molecule has 1 unspecified atom stereocenters. The molecular formula is C17H18F3N3O2S2. The van der Waals surface area contributed by atoms with Gasteiger partial charge in [0.05, 0.1) is 29.0 Å². The Balaban J connectivity index is 1.96. The molecule has 2 atom stereocenters. The molecule has 5 nitrogen and oxygen atoms in total. The van der Waals surface area contributed by atoms with Gasteiger partial charge in [-0.3, -0.25) is 9.59 Å². The number of thiazole rings is 1. The zero-order valence-corrected chi connectivity index (χ0v) is 16.2. The third kappa shape index (κ3) is 6.24. The number of carbonyl (C=O) groups is 2. The maximum Gasteiger partial charge on any atom is 0.416 e. The molecule has 0 aliphatic carbocycles. The van der Waals surface area contributed by atoms with Gasteiger partial charge in [0.2, 0.25) is 11.8 Å². The minimum atomic E-state index is -4.43. The largest absolute Gasteiger partial charge is 0.416 e. The molecule has 2 rings (SSSR count). The summed E-state index contributed by atoms with van der Waals surface area (Å²) in [5.41, 5.74) is 5.33. The van der Waals surface area contributed by atoms with Gasteiger partial charge in [-0.05, 0) is 31.5 Å². The van der Waals surface area contributed by atoms with Gasteiger partial charge in [0.1, 0.15) is 0 Å². The first kappa shape index (κ1) is 21.2. The predicted molar refractivity (Wildman–Crippen MR) is 98.3 cm³/mol. The number of hydrogen-bond donors (Lipinski definition) is 2. The van der Waals surface area contributed by atoms with E-state index in [0.717, 1.165) is 12.1 Å². The van der Waals surface area contributed by atoms with E-state index in [1.54, 1.807) is 19.2 Å². The molecule has 27 heavy (non-hydrogen) atoms. The van der Waals surface area contributed by atoms with Crippen LogP contribution in [-0.4, -0.2) is 22.0 Å². The van der Waals surface area contributed by atoms with Gasteiger partial charge in [0.15, 0.2) is 4.34 Å². The number of benzene rings is 1. The van der Waals surface area contributed by atoms with Crippen molar-refractivity contribution in [2.24, 2.45) is 5.73 Å². The molecule has 0 saturated heterocycles. The normalized spacial score (nSPS) is 13.8. The molecule has 10 heteroatoms. The van der Waals surface area contributed by atoms with Crippen molar-refractivity contribution >= 4 is 34.9 Å². The SMILES string of the molecule is CC(Sc1nc(CC(=O)N[C@@H](C)c2cccc(C(F)(F)F)c2)cs1)C(N)=O. The molecular weight excluding hydrogens is 399 g/mol. The summed E-state index contributed by atoms with van der Waals surface area (Å²) in [6.07, 6.45) is -4.44. The highest BCUT2D eigenvalue weighted by atomic mass is 32.2. The van der Waals surface area contributed by atoms with Crippen LogP contribution in [0.4, 0.5) is 13.2 Å². The standard InChI is InChI=1S/C17H18F3N3O2S2/c1-9(11-4-3-5-12(6-11)17(18,19)20)22-14(24)7-13-8-26-16(23-13)27-10(2)15(21)25/h3-6,8-10H,7H2,1-2H3,(H2,21,25)(H,22,24)/t9-,10?/m0/s1. The number of alkyl halides is 3. The van der Waals surface area contributed by atoms with E-state index in [1.165, 1.54) is 35.2 Å². The highest BCUT2D eigenvalue weighted by Gasteiger charge is 2.30. The third-order valence-electron chi connectivity index (χ3n) is 3.64. The molecule has 1 aromatic carbocycles. The van der Waals surface area contributed by atoms with Crippen molar-refractivity contribution in [3.05, 3.63) is 46.5 Å². The van der Waals surface area contributed by atoms with Gasteiger partial charge in [-0.25, -0.2) is 4.98 Å². The summed E-state index contributed by atoms with van der Waals surface area (Å²) in [6.45, 7) is 3.28. The van der Waals surface area contributed by atoms with Gasteiger partial charge in [-0.1, -0.05) is 23.9 Å². The van der Waals surface area contributed by atoms with E-state index in [2.05, 4.69) is 10.3 Å². The number of halogens is 3. The lowest BCUT2D eigenvalue weighted by Crippen LogP contribution is -2.28. The van der Waals surface area contributed by atoms with Crippen molar-refractivity contribution in [3.63, 3.8) is 0 Å². The average Bonchev–Trinajstić information content (AvgIpc) is 3.00. The number of primary amides is 1. The van der Waals surface area contributed by atoms with Crippen LogP contribution in [0.15, 0.2) is 34.0 Å². The number of rotatable bonds is 7. The van der Waals surface area contributed by atoms with Crippen LogP contribution in [0.1, 0.15) is 36.7 Å². The highest BCUT2D eigenvalue weighted by Crippen LogP contribution is 2.31. The monoisotopic (exact) mass is 417 g/mol. The van der Waals surface area contributed by atoms with E-state index in [9.17, 15) is 22.8 Å². The van der Waals surface area contributed by atoms with Crippen LogP contribution < -0.4 is 11.1 Å². The van der Waals surface area contributed by atoms with E-state index >= 15 is 0 Å². The van der Waals surface area contributed by atoms with E-state index in [-0.39, 0.29) is 12.3 Å². The third-order valence-corrected chi connectivity index (χ3v) is 5.78. The summed E-state index contributed by atoms with van der Waals surface area (Å²) < 4.78 is 39.0. The summed E-state index contributed by atoms with van der Waals surface area (Å²) in [4.78, 5) is 27.5. The van der Waals surface area contributed by atoms with Crippen molar-refractivity contribution in [2.45, 2.75) is 42.1 Å². The van der Waals surface area contributed by atoms with Gasteiger partial charge in [-0.15, -0.1) is 11.3 Å². The smallest absolute Gasteiger partial charge is 0.369 e. The fourth-order valence-corrected chi connectivity index (χ4v) is 4.09. The van der Waals surface area contributed by atoms with E-state index in [4.69, 9.17) is 5.73 Å². The molecule has 0 saturated carbocycles. The van der Waals surface area contributed by atoms with Gasteiger partial charge >= 0.3 is 6.18 Å². The Hall–Kier alpha value is -2.07. The first-order valence-electron chi connectivity index (χ1n) is 7.93. The summed E-state index contributed by atoms with van der Waals surface area (Å²) in [5, 5.41) is 3.94. The maximum atomic E-state index is 12.8. The van der Waals surface area contributed by atoms with Gasteiger partial charge in [0.25, 0.3) is 0 Å². The minimum Gasteiger partial charge on any atom is -0.369 e. The molecule has 0 aliphatic rings. The van der Waals surface area contributed by atoms with Crippen molar-refractivity contribution in [1.29, 1.82) is 0 Å². The van der Waals surface area contributed by atoms with Crippen LogP contribution in [0, 0.1) is 0 Å². The number of amides is 2. The molecule has 146 valence electrons. The highest BCUT2D eigenvalue weighted by molar-refractivity contribution is 8.02. The number of thioether (sulfide) groups is 1. The molecule has 3 N–H and O–H groups in total. The molecule has 1 aromatic heterocycles. The predicted octanol–water partition coefficient (Wildman–Crippen LogP) is 3.55. The minimum absolute atomic E-state index is 0.00862. The molecule has 0 fully saturated rings. The van der Waals surface area contributed by atoms with Crippen LogP contribution in [-0.2, 0) is 22.2 Å². The zero-order valence-electron chi connectivity index (χ0n) is 14.5. The first-order valence-corrected chi connectivity index (χ1v) is 9.69. The number of nitrogens with two attached hydrogens (primary N) is 1.